The molecule has 1 aliphatic rings. The molecule has 2 rings (SSSR count). The van der Waals surface area contributed by atoms with Crippen molar-refractivity contribution in [3.8, 4) is 0 Å². The highest BCUT2D eigenvalue weighted by atomic mass is 32.5. The number of hydrogen-bond donors (Lipinski definition) is 6. The van der Waals surface area contributed by atoms with Gasteiger partial charge in [-0.3, -0.25) is 14.3 Å². The van der Waals surface area contributed by atoms with Crippen LogP contribution in [0.4, 0.5) is 0 Å². The van der Waals surface area contributed by atoms with Crippen LogP contribution in [0.5, 0.6) is 0 Å². The number of H-pyrrole nitrogens is 1. The summed E-state index contributed by atoms with van der Waals surface area (Å²) < 4.78 is 40.1. The summed E-state index contributed by atoms with van der Waals surface area (Å²) in [5.74, 6) is 0. The molecule has 19 nitrogen and oxygen atoms in total. The molecule has 0 spiro atoms. The van der Waals surface area contributed by atoms with Gasteiger partial charge in [0.05, 0.1) is 6.04 Å². The van der Waals surface area contributed by atoms with E-state index in [0.717, 1.165) is 10.8 Å². The third-order valence-corrected chi connectivity index (χ3v) is 8.95. The van der Waals surface area contributed by atoms with Crippen molar-refractivity contribution in [2.75, 3.05) is 0 Å². The second kappa shape index (κ2) is 10.5. The highest BCUT2D eigenvalue weighted by molar-refractivity contribution is 8.14. The van der Waals surface area contributed by atoms with E-state index in [9.17, 15) is 33.6 Å². The maximum atomic E-state index is 12.0. The minimum Gasteiger partial charge on any atom is -0.739 e. The number of nitrogens with zero attached hydrogens (tertiary/aromatic N) is 4. The van der Waals surface area contributed by atoms with Gasteiger partial charge in [-0.15, -0.1) is 0 Å². The fourth-order valence-electron chi connectivity index (χ4n) is 2.53. The predicted molar refractivity (Wildman–Crippen MR) is 105 cm³/mol. The number of rotatable bonds is 9. The summed E-state index contributed by atoms with van der Waals surface area (Å²) in [6, 6.07) is -1.18. The average molecular weight is 555 g/mol. The molecule has 0 bridgehead atoms. The van der Waals surface area contributed by atoms with Crippen LogP contribution in [-0.2, 0) is 37.9 Å². The number of aryl methyl sites for hydroxylation is 1. The average Bonchev–Trinajstić information content (AvgIpc) is 3.04. The SMILES string of the molecule is Cc1cn([C@H]2C[C@H](N=[N+]=[N-])[C@@H](C(O)O[S+]=P([O-])(O)OP(=O)(O)OP(=O)(O)O)O2)c(=O)[nH]c1=O. The van der Waals surface area contributed by atoms with Crippen LogP contribution in [-0.4, -0.2) is 52.7 Å². The summed E-state index contributed by atoms with van der Waals surface area (Å²) in [7, 11) is -11.3. The molecule has 0 aromatic carbocycles. The van der Waals surface area contributed by atoms with E-state index in [1.165, 1.54) is 6.92 Å². The van der Waals surface area contributed by atoms with Gasteiger partial charge in [0.1, 0.15) is 12.3 Å². The first-order valence-corrected chi connectivity index (χ1v) is 14.2. The number of aliphatic hydroxyl groups is 1. The molecular formula is C10H16N5O14P3S. The van der Waals surface area contributed by atoms with Gasteiger partial charge in [-0.05, 0) is 12.5 Å². The van der Waals surface area contributed by atoms with Gasteiger partial charge >= 0.3 is 39.3 Å². The van der Waals surface area contributed by atoms with E-state index in [-0.39, 0.29) is 12.0 Å². The van der Waals surface area contributed by atoms with Crippen LogP contribution in [0.2, 0.25) is 0 Å². The number of aromatic nitrogens is 2. The zero-order valence-corrected chi connectivity index (χ0v) is 19.5. The molecule has 1 aromatic rings. The van der Waals surface area contributed by atoms with Gasteiger partial charge in [0.15, 0.2) is 0 Å². The van der Waals surface area contributed by atoms with Crippen LogP contribution >= 0.6 is 22.4 Å². The van der Waals surface area contributed by atoms with Gasteiger partial charge in [-0.25, -0.2) is 18.2 Å². The maximum Gasteiger partial charge on any atom is 0.488 e. The van der Waals surface area contributed by atoms with Gasteiger partial charge < -0.3 is 34.3 Å². The number of azide groups is 1. The van der Waals surface area contributed by atoms with Crippen LogP contribution < -0.4 is 16.1 Å². The fourth-order valence-corrected chi connectivity index (χ4v) is 7.05. The van der Waals surface area contributed by atoms with E-state index in [1.54, 1.807) is 0 Å². The van der Waals surface area contributed by atoms with Gasteiger partial charge in [-0.2, -0.15) is 4.31 Å². The lowest BCUT2D eigenvalue weighted by Gasteiger charge is -2.19. The molecule has 6 atom stereocenters. The molecule has 0 saturated carbocycles. The van der Waals surface area contributed by atoms with Crippen LogP contribution in [0.25, 0.3) is 10.4 Å². The highest BCUT2D eigenvalue weighted by Gasteiger charge is 2.44. The van der Waals surface area contributed by atoms with E-state index >= 15 is 0 Å². The lowest BCUT2D eigenvalue weighted by Crippen LogP contribution is -2.36. The van der Waals surface area contributed by atoms with Crippen molar-refractivity contribution in [2.45, 2.75) is 38.0 Å². The second-order valence-electron chi connectivity index (χ2n) is 6.19. The molecule has 186 valence electrons. The minimum absolute atomic E-state index is 0.138. The molecule has 2 heterocycles. The standard InChI is InChI=1S/C10H16N5O14P3S/c1-4-3-15(10(18)12-8(4)16)6-2-5(13-14-11)7(26-6)9(17)27-33-32(24,25)29-31(22,23)28-30(19,20)21/h3,5-7,9,17H,2H2,1H3,(H5-,12,16,18,19,20,21,22,23,24,25)/t5-,6+,7-,9?/m0/s1. The van der Waals surface area contributed by atoms with Crippen molar-refractivity contribution in [3.05, 3.63) is 43.0 Å². The number of phosphoric acid groups is 2. The summed E-state index contributed by atoms with van der Waals surface area (Å²) in [6.07, 6.45) is -3.90. The van der Waals surface area contributed by atoms with Crippen LogP contribution in [0.15, 0.2) is 20.9 Å². The van der Waals surface area contributed by atoms with Crippen molar-refractivity contribution in [1.82, 2.24) is 9.55 Å². The second-order valence-corrected chi connectivity index (χ2v) is 12.5. The van der Waals surface area contributed by atoms with Crippen molar-refractivity contribution < 1.29 is 56.2 Å². The Balaban J connectivity index is 2.21. The number of hydrogen-bond acceptors (Lipinski definition) is 11. The first kappa shape index (κ1) is 27.9. The van der Waals surface area contributed by atoms with E-state index < -0.39 is 69.5 Å². The molecular weight excluding hydrogens is 539 g/mol. The fraction of sp³-hybridized carbons (Fsp3) is 0.600. The molecule has 0 amide bonds. The maximum absolute atomic E-state index is 12.0. The van der Waals surface area contributed by atoms with E-state index in [0.29, 0.717) is 0 Å². The number of nitrogens with one attached hydrogen (secondary N) is 1. The number of aromatic amines is 1. The summed E-state index contributed by atoms with van der Waals surface area (Å²) in [6.45, 7) is -3.93. The van der Waals surface area contributed by atoms with Gasteiger partial charge in [0.2, 0.25) is 6.29 Å². The Hall–Kier alpha value is -1.30. The molecule has 33 heavy (non-hydrogen) atoms. The summed E-state index contributed by atoms with van der Waals surface area (Å²) in [5.41, 5.74) is 7.32. The summed E-state index contributed by atoms with van der Waals surface area (Å²) >= 11 is -0.606. The van der Waals surface area contributed by atoms with Crippen LogP contribution in [0.3, 0.4) is 0 Å². The molecule has 6 N–H and O–H groups in total. The zero-order chi connectivity index (χ0) is 25.2. The molecule has 23 heteroatoms. The Morgan fingerprint density at radius 3 is 2.58 bits per heavy atom. The van der Waals surface area contributed by atoms with Crippen molar-refractivity contribution in [2.24, 2.45) is 5.11 Å². The predicted octanol–water partition coefficient (Wildman–Crippen LogP) is -1.60. The molecule has 1 saturated heterocycles. The van der Waals surface area contributed by atoms with Gasteiger partial charge in [0.25, 0.3) is 5.56 Å². The highest BCUT2D eigenvalue weighted by Crippen LogP contribution is 2.64. The quantitative estimate of drug-likeness (QED) is 0.0380. The molecule has 0 aliphatic carbocycles. The third-order valence-electron chi connectivity index (χ3n) is 3.73. The molecule has 1 fully saturated rings. The third kappa shape index (κ3) is 8.15. The van der Waals surface area contributed by atoms with Crippen molar-refractivity contribution >= 4 is 33.6 Å². The van der Waals surface area contributed by atoms with Crippen molar-refractivity contribution in [3.63, 3.8) is 0 Å². The molecule has 0 radical (unpaired) electrons. The largest absolute Gasteiger partial charge is 0.739 e. The Labute approximate surface area is 186 Å². The Kier molecular flexibility index (Phi) is 8.92. The minimum atomic E-state index is -5.73. The Bertz CT molecular complexity index is 1200. The molecule has 3 unspecified atom stereocenters. The van der Waals surface area contributed by atoms with Crippen LogP contribution in [0.1, 0.15) is 18.2 Å². The normalized spacial score (nSPS) is 25.5. The van der Waals surface area contributed by atoms with E-state index in [4.69, 9.17) is 24.9 Å². The number of ether oxygens (including phenoxy) is 1. The Morgan fingerprint density at radius 2 is 2.00 bits per heavy atom. The zero-order valence-electron chi connectivity index (χ0n) is 16.0. The van der Waals surface area contributed by atoms with Gasteiger partial charge in [-0.1, -0.05) is 9.30 Å². The summed E-state index contributed by atoms with van der Waals surface area (Å²) in [4.78, 5) is 75.6. The molecule has 1 aromatic heterocycles. The monoisotopic (exact) mass is 555 g/mol. The van der Waals surface area contributed by atoms with E-state index in [2.05, 4.69) is 22.8 Å². The summed E-state index contributed by atoms with van der Waals surface area (Å²) in [5, 5.41) is 13.5. The van der Waals surface area contributed by atoms with Crippen LogP contribution in [0, 0.1) is 6.92 Å². The van der Waals surface area contributed by atoms with E-state index in [1.807, 2.05) is 4.98 Å². The first-order chi connectivity index (χ1) is 15.0. The Morgan fingerprint density at radius 1 is 1.36 bits per heavy atom. The molecule has 1 aliphatic heterocycles. The smallest absolute Gasteiger partial charge is 0.488 e. The van der Waals surface area contributed by atoms with Gasteiger partial charge in [0, 0.05) is 23.1 Å². The van der Waals surface area contributed by atoms with Crippen molar-refractivity contribution in [1.29, 1.82) is 0 Å². The number of aliphatic hydroxyl groups excluding tert-OH is 1. The lowest BCUT2D eigenvalue weighted by molar-refractivity contribution is -0.195. The first-order valence-electron chi connectivity index (χ1n) is 8.22. The lowest BCUT2D eigenvalue weighted by atomic mass is 10.1. The topological polar surface area (TPSA) is 299 Å².